The second kappa shape index (κ2) is 5.89. The highest BCUT2D eigenvalue weighted by Crippen LogP contribution is 2.14. The van der Waals surface area contributed by atoms with Crippen LogP contribution in [0, 0.1) is 11.3 Å². The Kier molecular flexibility index (Phi) is 5.55. The SMILES string of the molecule is CC1CCN(C(=N)N)CC1.O=S(=O)(O)O. The quantitative estimate of drug-likeness (QED) is 0.267. The van der Waals surface area contributed by atoms with E-state index in [1.165, 1.54) is 12.8 Å². The molecule has 0 radical (unpaired) electrons. The summed E-state index contributed by atoms with van der Waals surface area (Å²) >= 11 is 0. The first kappa shape index (κ1) is 14.1. The van der Waals surface area contributed by atoms with Crippen molar-refractivity contribution in [3.05, 3.63) is 0 Å². The summed E-state index contributed by atoms with van der Waals surface area (Å²) in [6.45, 7) is 4.18. The van der Waals surface area contributed by atoms with E-state index in [-0.39, 0.29) is 5.96 Å². The highest BCUT2D eigenvalue weighted by Gasteiger charge is 2.15. The van der Waals surface area contributed by atoms with Gasteiger partial charge in [0.05, 0.1) is 0 Å². The van der Waals surface area contributed by atoms with E-state index in [1.54, 1.807) is 0 Å². The highest BCUT2D eigenvalue weighted by molar-refractivity contribution is 7.79. The van der Waals surface area contributed by atoms with Crippen LogP contribution in [0.3, 0.4) is 0 Å². The van der Waals surface area contributed by atoms with Crippen molar-refractivity contribution in [3.63, 3.8) is 0 Å². The maximum Gasteiger partial charge on any atom is 0.394 e. The van der Waals surface area contributed by atoms with Crippen LogP contribution in [0.4, 0.5) is 0 Å². The lowest BCUT2D eigenvalue weighted by molar-refractivity contribution is 0.277. The smallest absolute Gasteiger partial charge is 0.370 e. The molecule has 0 aromatic rings. The minimum atomic E-state index is -4.67. The van der Waals surface area contributed by atoms with E-state index in [1.807, 2.05) is 4.90 Å². The molecule has 0 aromatic carbocycles. The minimum Gasteiger partial charge on any atom is -0.370 e. The van der Waals surface area contributed by atoms with Crippen molar-refractivity contribution in [2.24, 2.45) is 11.7 Å². The molecule has 8 heteroatoms. The van der Waals surface area contributed by atoms with Crippen molar-refractivity contribution in [2.75, 3.05) is 13.1 Å². The number of rotatable bonds is 0. The second-order valence-corrected chi connectivity index (χ2v) is 4.40. The van der Waals surface area contributed by atoms with Gasteiger partial charge in [-0.05, 0) is 18.8 Å². The van der Waals surface area contributed by atoms with Crippen LogP contribution in [0.2, 0.25) is 0 Å². The number of likely N-dealkylation sites (tertiary alicyclic amines) is 1. The molecule has 90 valence electrons. The number of guanidine groups is 1. The second-order valence-electron chi connectivity index (χ2n) is 3.50. The van der Waals surface area contributed by atoms with E-state index >= 15 is 0 Å². The maximum absolute atomic E-state index is 8.74. The fraction of sp³-hybridized carbons (Fsp3) is 0.857. The summed E-state index contributed by atoms with van der Waals surface area (Å²) in [7, 11) is -4.67. The number of nitrogens with two attached hydrogens (primary N) is 1. The van der Waals surface area contributed by atoms with Crippen LogP contribution < -0.4 is 5.73 Å². The third-order valence-corrected chi connectivity index (χ3v) is 2.12. The molecule has 5 N–H and O–H groups in total. The molecule has 0 unspecified atom stereocenters. The molecular formula is C7H17N3O4S. The van der Waals surface area contributed by atoms with E-state index in [0.717, 1.165) is 19.0 Å². The number of piperidine rings is 1. The average Bonchev–Trinajstić information content (AvgIpc) is 2.01. The maximum atomic E-state index is 8.74. The molecule has 0 aliphatic carbocycles. The van der Waals surface area contributed by atoms with Gasteiger partial charge in [0, 0.05) is 13.1 Å². The third kappa shape index (κ3) is 9.44. The number of nitrogens with one attached hydrogen (secondary N) is 1. The Bertz CT molecular complexity index is 287. The molecule has 0 saturated carbocycles. The highest BCUT2D eigenvalue weighted by atomic mass is 32.3. The predicted molar refractivity (Wildman–Crippen MR) is 56.1 cm³/mol. The van der Waals surface area contributed by atoms with Gasteiger partial charge < -0.3 is 10.6 Å². The van der Waals surface area contributed by atoms with Gasteiger partial charge in [-0.15, -0.1) is 0 Å². The van der Waals surface area contributed by atoms with Crippen molar-refractivity contribution in [3.8, 4) is 0 Å². The van der Waals surface area contributed by atoms with Crippen molar-refractivity contribution >= 4 is 16.4 Å². The van der Waals surface area contributed by atoms with Gasteiger partial charge in [0.15, 0.2) is 5.96 Å². The normalized spacial score (nSPS) is 17.9. The Balaban J connectivity index is 0.000000336. The molecule has 1 heterocycles. The monoisotopic (exact) mass is 239 g/mol. The van der Waals surface area contributed by atoms with E-state index in [9.17, 15) is 0 Å². The van der Waals surface area contributed by atoms with Crippen LogP contribution in [0.1, 0.15) is 19.8 Å². The van der Waals surface area contributed by atoms with E-state index in [4.69, 9.17) is 28.7 Å². The minimum absolute atomic E-state index is 0.229. The van der Waals surface area contributed by atoms with Crippen molar-refractivity contribution in [1.29, 1.82) is 5.41 Å². The average molecular weight is 239 g/mol. The van der Waals surface area contributed by atoms with Gasteiger partial charge in [0.1, 0.15) is 0 Å². The zero-order valence-corrected chi connectivity index (χ0v) is 9.37. The lowest BCUT2D eigenvalue weighted by atomic mass is 10.00. The number of hydrogen-bond acceptors (Lipinski definition) is 3. The van der Waals surface area contributed by atoms with Crippen LogP contribution >= 0.6 is 0 Å². The lowest BCUT2D eigenvalue weighted by Crippen LogP contribution is -2.41. The fourth-order valence-electron chi connectivity index (χ4n) is 1.25. The molecule has 0 atom stereocenters. The molecule has 0 spiro atoms. The summed E-state index contributed by atoms with van der Waals surface area (Å²) in [5.74, 6) is 1.04. The zero-order valence-electron chi connectivity index (χ0n) is 8.55. The fourth-order valence-corrected chi connectivity index (χ4v) is 1.25. The molecule has 7 nitrogen and oxygen atoms in total. The molecular weight excluding hydrogens is 222 g/mol. The van der Waals surface area contributed by atoms with Gasteiger partial charge in [-0.3, -0.25) is 14.5 Å². The molecule has 1 rings (SSSR count). The van der Waals surface area contributed by atoms with Gasteiger partial charge in [-0.25, -0.2) is 0 Å². The summed E-state index contributed by atoms with van der Waals surface area (Å²) in [5.41, 5.74) is 5.32. The van der Waals surface area contributed by atoms with E-state index < -0.39 is 10.4 Å². The molecule has 1 fully saturated rings. The molecule has 1 aliphatic heterocycles. The summed E-state index contributed by atoms with van der Waals surface area (Å²) in [4.78, 5) is 1.93. The largest absolute Gasteiger partial charge is 0.394 e. The zero-order chi connectivity index (χ0) is 12.1. The van der Waals surface area contributed by atoms with E-state index in [0.29, 0.717) is 0 Å². The lowest BCUT2D eigenvalue weighted by Gasteiger charge is -2.30. The Morgan fingerprint density at radius 3 is 2.00 bits per heavy atom. The Morgan fingerprint density at radius 2 is 1.73 bits per heavy atom. The van der Waals surface area contributed by atoms with Crippen molar-refractivity contribution in [2.45, 2.75) is 19.8 Å². The van der Waals surface area contributed by atoms with Crippen LogP contribution in [-0.4, -0.2) is 41.5 Å². The predicted octanol–water partition coefficient (Wildman–Crippen LogP) is -0.0410. The Labute approximate surface area is 89.3 Å². The first-order valence-electron chi connectivity index (χ1n) is 4.49. The Hall–Kier alpha value is -0.860. The molecule has 15 heavy (non-hydrogen) atoms. The van der Waals surface area contributed by atoms with Gasteiger partial charge >= 0.3 is 10.4 Å². The Morgan fingerprint density at radius 1 is 1.40 bits per heavy atom. The molecule has 0 aromatic heterocycles. The van der Waals surface area contributed by atoms with Crippen LogP contribution in [0.15, 0.2) is 0 Å². The van der Waals surface area contributed by atoms with Crippen LogP contribution in [0.5, 0.6) is 0 Å². The van der Waals surface area contributed by atoms with E-state index in [2.05, 4.69) is 6.92 Å². The van der Waals surface area contributed by atoms with Gasteiger partial charge in [0.25, 0.3) is 0 Å². The third-order valence-electron chi connectivity index (χ3n) is 2.12. The van der Waals surface area contributed by atoms with Gasteiger partial charge in [-0.2, -0.15) is 8.42 Å². The first-order chi connectivity index (χ1) is 6.70. The molecule has 0 amide bonds. The number of hydrogen-bond donors (Lipinski definition) is 4. The standard InChI is InChI=1S/C7H15N3.H2O4S/c1-6-2-4-10(5-3-6)7(8)9;1-5(2,3)4/h6H,2-5H2,1H3,(H3,8,9);(H2,1,2,3,4). The van der Waals surface area contributed by atoms with Crippen molar-refractivity contribution in [1.82, 2.24) is 4.90 Å². The summed E-state index contributed by atoms with van der Waals surface area (Å²) < 4.78 is 31.6. The summed E-state index contributed by atoms with van der Waals surface area (Å²) in [5, 5.41) is 7.16. The van der Waals surface area contributed by atoms with Gasteiger partial charge in [-0.1, -0.05) is 6.92 Å². The van der Waals surface area contributed by atoms with Crippen LogP contribution in [0.25, 0.3) is 0 Å². The molecule has 1 aliphatic rings. The van der Waals surface area contributed by atoms with Gasteiger partial charge in [0.2, 0.25) is 0 Å². The van der Waals surface area contributed by atoms with Crippen LogP contribution in [-0.2, 0) is 10.4 Å². The summed E-state index contributed by atoms with van der Waals surface area (Å²) in [6.07, 6.45) is 2.36. The number of nitrogens with zero attached hydrogens (tertiary/aromatic N) is 1. The molecule has 1 saturated heterocycles. The topological polar surface area (TPSA) is 128 Å². The first-order valence-corrected chi connectivity index (χ1v) is 5.88. The summed E-state index contributed by atoms with van der Waals surface area (Å²) in [6, 6.07) is 0. The molecule has 0 bridgehead atoms. The van der Waals surface area contributed by atoms with Crippen molar-refractivity contribution < 1.29 is 17.5 Å².